The average Bonchev–Trinajstić information content (AvgIpc) is 2.40. The molecule has 0 aliphatic rings. The van der Waals surface area contributed by atoms with E-state index in [0.717, 1.165) is 21.8 Å². The molecule has 0 fully saturated rings. The predicted octanol–water partition coefficient (Wildman–Crippen LogP) is 4.36. The van der Waals surface area contributed by atoms with Crippen LogP contribution in [0.2, 0.25) is 5.02 Å². The summed E-state index contributed by atoms with van der Waals surface area (Å²) in [4.78, 5) is 11.2. The van der Waals surface area contributed by atoms with E-state index in [9.17, 15) is 4.79 Å². The molecule has 2 rings (SSSR count). The third kappa shape index (κ3) is 3.11. The Morgan fingerprint density at radius 3 is 2.00 bits per heavy atom. The lowest BCUT2D eigenvalue weighted by atomic mass is 10.1. The molecule has 0 aromatic heterocycles. The van der Waals surface area contributed by atoms with Crippen molar-refractivity contribution in [2.75, 3.05) is 5.32 Å². The highest BCUT2D eigenvalue weighted by atomic mass is 35.5. The Kier molecular flexibility index (Phi) is 4.00. The Labute approximate surface area is 112 Å². The topological polar surface area (TPSA) is 29.1 Å². The van der Waals surface area contributed by atoms with Crippen molar-refractivity contribution in [1.29, 1.82) is 0 Å². The van der Waals surface area contributed by atoms with Gasteiger partial charge >= 0.3 is 0 Å². The molecule has 2 aromatic rings. The van der Waals surface area contributed by atoms with Gasteiger partial charge in [0.15, 0.2) is 0 Å². The van der Waals surface area contributed by atoms with Crippen LogP contribution in [0.5, 0.6) is 0 Å². The molecule has 0 spiro atoms. The van der Waals surface area contributed by atoms with Gasteiger partial charge in [-0.25, -0.2) is 0 Å². The van der Waals surface area contributed by atoms with Crippen molar-refractivity contribution in [3.8, 4) is 11.1 Å². The highest BCUT2D eigenvalue weighted by molar-refractivity contribution is 6.30. The van der Waals surface area contributed by atoms with Crippen LogP contribution in [0.15, 0.2) is 48.5 Å². The monoisotopic (exact) mass is 259 g/mol. The minimum Gasteiger partial charge on any atom is -0.326 e. The van der Waals surface area contributed by atoms with Gasteiger partial charge in [-0.3, -0.25) is 4.79 Å². The van der Waals surface area contributed by atoms with Crippen molar-refractivity contribution in [2.45, 2.75) is 13.3 Å². The fourth-order valence-electron chi connectivity index (χ4n) is 1.64. The second-order valence-electron chi connectivity index (χ2n) is 3.99. The number of halogens is 1. The molecular formula is C15H14ClNO. The largest absolute Gasteiger partial charge is 0.326 e. The van der Waals surface area contributed by atoms with Gasteiger partial charge in [0.25, 0.3) is 0 Å². The summed E-state index contributed by atoms with van der Waals surface area (Å²) in [6.45, 7) is 1.83. The van der Waals surface area contributed by atoms with Crippen LogP contribution in [0, 0.1) is 0 Å². The van der Waals surface area contributed by atoms with E-state index in [1.807, 2.05) is 55.5 Å². The van der Waals surface area contributed by atoms with Crippen molar-refractivity contribution in [3.63, 3.8) is 0 Å². The highest BCUT2D eigenvalue weighted by Crippen LogP contribution is 2.23. The molecule has 0 unspecified atom stereocenters. The molecule has 0 saturated carbocycles. The second-order valence-corrected chi connectivity index (χ2v) is 4.42. The standard InChI is InChI=1S/C15H14ClNO/c1-2-15(18)17-14-9-5-12(6-10-14)11-3-7-13(16)8-4-11/h3-10H,2H2,1H3,(H,17,18). The van der Waals surface area contributed by atoms with E-state index in [1.165, 1.54) is 0 Å². The molecule has 0 radical (unpaired) electrons. The van der Waals surface area contributed by atoms with Gasteiger partial charge in [-0.1, -0.05) is 42.8 Å². The van der Waals surface area contributed by atoms with Gasteiger partial charge in [0.2, 0.25) is 5.91 Å². The van der Waals surface area contributed by atoms with E-state index in [0.29, 0.717) is 6.42 Å². The van der Waals surface area contributed by atoms with Crippen molar-refractivity contribution >= 4 is 23.2 Å². The van der Waals surface area contributed by atoms with Crippen molar-refractivity contribution in [1.82, 2.24) is 0 Å². The number of hydrogen-bond donors (Lipinski definition) is 1. The van der Waals surface area contributed by atoms with Crippen molar-refractivity contribution in [3.05, 3.63) is 53.6 Å². The highest BCUT2D eigenvalue weighted by Gasteiger charge is 2.00. The number of carbonyl (C=O) groups is 1. The summed E-state index contributed by atoms with van der Waals surface area (Å²) in [5.41, 5.74) is 3.02. The SMILES string of the molecule is CCC(=O)Nc1ccc(-c2ccc(Cl)cc2)cc1. The first-order valence-corrected chi connectivity index (χ1v) is 6.22. The lowest BCUT2D eigenvalue weighted by Gasteiger charge is -2.06. The molecular weight excluding hydrogens is 246 g/mol. The molecule has 2 nitrogen and oxygen atoms in total. The van der Waals surface area contributed by atoms with Gasteiger partial charge in [0.1, 0.15) is 0 Å². The molecule has 92 valence electrons. The van der Waals surface area contributed by atoms with Crippen molar-refractivity contribution in [2.24, 2.45) is 0 Å². The Morgan fingerprint density at radius 2 is 1.50 bits per heavy atom. The third-order valence-electron chi connectivity index (χ3n) is 2.67. The number of hydrogen-bond acceptors (Lipinski definition) is 1. The molecule has 0 atom stereocenters. The van der Waals surface area contributed by atoms with E-state index in [4.69, 9.17) is 11.6 Å². The summed E-state index contributed by atoms with van der Waals surface area (Å²) in [5, 5.41) is 3.55. The number of anilines is 1. The zero-order valence-electron chi connectivity index (χ0n) is 10.1. The van der Waals surface area contributed by atoms with Gasteiger partial charge in [0, 0.05) is 17.1 Å². The van der Waals surface area contributed by atoms with Crippen LogP contribution >= 0.6 is 11.6 Å². The van der Waals surface area contributed by atoms with Crippen LogP contribution in [0.1, 0.15) is 13.3 Å². The van der Waals surface area contributed by atoms with Crippen LogP contribution < -0.4 is 5.32 Å². The van der Waals surface area contributed by atoms with Gasteiger partial charge in [0.05, 0.1) is 0 Å². The Balaban J connectivity index is 2.17. The molecule has 3 heteroatoms. The van der Waals surface area contributed by atoms with Crippen LogP contribution in [-0.4, -0.2) is 5.91 Å². The third-order valence-corrected chi connectivity index (χ3v) is 2.92. The molecule has 0 saturated heterocycles. The minimum atomic E-state index is 0.0224. The Morgan fingerprint density at radius 1 is 1.00 bits per heavy atom. The molecule has 1 N–H and O–H groups in total. The first-order chi connectivity index (χ1) is 8.69. The maximum Gasteiger partial charge on any atom is 0.224 e. The summed E-state index contributed by atoms with van der Waals surface area (Å²) in [7, 11) is 0. The minimum absolute atomic E-state index is 0.0224. The molecule has 0 heterocycles. The Hall–Kier alpha value is -1.80. The maximum atomic E-state index is 11.2. The summed E-state index contributed by atoms with van der Waals surface area (Å²) >= 11 is 5.85. The van der Waals surface area contributed by atoms with E-state index < -0.39 is 0 Å². The molecule has 0 bridgehead atoms. The molecule has 1 amide bonds. The summed E-state index contributed by atoms with van der Waals surface area (Å²) in [6.07, 6.45) is 0.485. The number of amides is 1. The van der Waals surface area contributed by atoms with Gasteiger partial charge in [-0.05, 0) is 35.4 Å². The first kappa shape index (κ1) is 12.7. The van der Waals surface area contributed by atoms with Gasteiger partial charge in [-0.15, -0.1) is 0 Å². The zero-order chi connectivity index (χ0) is 13.0. The van der Waals surface area contributed by atoms with E-state index in [1.54, 1.807) is 0 Å². The van der Waals surface area contributed by atoms with Crippen molar-refractivity contribution < 1.29 is 4.79 Å². The van der Waals surface area contributed by atoms with Crippen LogP contribution in [-0.2, 0) is 4.79 Å². The van der Waals surface area contributed by atoms with E-state index >= 15 is 0 Å². The second kappa shape index (κ2) is 5.69. The first-order valence-electron chi connectivity index (χ1n) is 5.85. The fraction of sp³-hybridized carbons (Fsp3) is 0.133. The normalized spacial score (nSPS) is 10.1. The summed E-state index contributed by atoms with van der Waals surface area (Å²) < 4.78 is 0. The van der Waals surface area contributed by atoms with Gasteiger partial charge in [-0.2, -0.15) is 0 Å². The molecule has 18 heavy (non-hydrogen) atoms. The van der Waals surface area contributed by atoms with E-state index in [-0.39, 0.29) is 5.91 Å². The average molecular weight is 260 g/mol. The van der Waals surface area contributed by atoms with Crippen LogP contribution in [0.3, 0.4) is 0 Å². The smallest absolute Gasteiger partial charge is 0.224 e. The lowest BCUT2D eigenvalue weighted by Crippen LogP contribution is -2.08. The summed E-state index contributed by atoms with van der Waals surface area (Å²) in [5.74, 6) is 0.0224. The van der Waals surface area contributed by atoms with Gasteiger partial charge < -0.3 is 5.32 Å². The van der Waals surface area contributed by atoms with Crippen LogP contribution in [0.4, 0.5) is 5.69 Å². The molecule has 2 aromatic carbocycles. The zero-order valence-corrected chi connectivity index (χ0v) is 10.9. The predicted molar refractivity (Wildman–Crippen MR) is 75.8 cm³/mol. The number of rotatable bonds is 3. The lowest BCUT2D eigenvalue weighted by molar-refractivity contribution is -0.115. The number of carbonyl (C=O) groups excluding carboxylic acids is 1. The Bertz CT molecular complexity index is 531. The quantitative estimate of drug-likeness (QED) is 0.872. The fourth-order valence-corrected chi connectivity index (χ4v) is 1.76. The van der Waals surface area contributed by atoms with E-state index in [2.05, 4.69) is 5.32 Å². The molecule has 0 aliphatic heterocycles. The molecule has 0 aliphatic carbocycles. The number of nitrogens with one attached hydrogen (secondary N) is 1. The summed E-state index contributed by atoms with van der Waals surface area (Å²) in [6, 6.07) is 15.4. The number of benzene rings is 2. The maximum absolute atomic E-state index is 11.2. The van der Waals surface area contributed by atoms with Crippen LogP contribution in [0.25, 0.3) is 11.1 Å².